The standard InChI is InChI=1S/C14H25N/c1-6-7-10-13(4)15-14(5)11-8-9-12(2)3/h10,15H,2,5-9,11H2,1,3-4H3/b13-10+. The van der Waals surface area contributed by atoms with Crippen molar-refractivity contribution in [1.29, 1.82) is 0 Å². The van der Waals surface area contributed by atoms with Crippen LogP contribution in [0.25, 0.3) is 0 Å². The molecule has 0 aromatic carbocycles. The molecule has 0 saturated heterocycles. The molecule has 0 heterocycles. The van der Waals surface area contributed by atoms with Crippen molar-refractivity contribution in [2.75, 3.05) is 0 Å². The molecule has 15 heavy (non-hydrogen) atoms. The number of hydrogen-bond acceptors (Lipinski definition) is 1. The van der Waals surface area contributed by atoms with Crippen molar-refractivity contribution >= 4 is 0 Å². The number of allylic oxidation sites excluding steroid dienone is 4. The second-order valence-electron chi connectivity index (χ2n) is 4.22. The fraction of sp³-hybridized carbons (Fsp3) is 0.571. The predicted molar refractivity (Wildman–Crippen MR) is 69.6 cm³/mol. The Morgan fingerprint density at radius 2 is 1.87 bits per heavy atom. The molecule has 0 aliphatic rings. The molecule has 0 unspecified atom stereocenters. The Bertz CT molecular complexity index is 236. The molecule has 86 valence electrons. The Morgan fingerprint density at radius 1 is 1.20 bits per heavy atom. The number of unbranched alkanes of at least 4 members (excludes halogenated alkanes) is 1. The highest BCUT2D eigenvalue weighted by molar-refractivity contribution is 5.06. The fourth-order valence-electron chi connectivity index (χ4n) is 1.36. The molecule has 0 saturated carbocycles. The minimum atomic E-state index is 1.03. The molecular formula is C14H25N. The van der Waals surface area contributed by atoms with Crippen molar-refractivity contribution in [3.63, 3.8) is 0 Å². The van der Waals surface area contributed by atoms with Crippen LogP contribution in [-0.2, 0) is 0 Å². The van der Waals surface area contributed by atoms with Crippen LogP contribution >= 0.6 is 0 Å². The smallest absolute Gasteiger partial charge is 0.00763 e. The quantitative estimate of drug-likeness (QED) is 0.576. The van der Waals surface area contributed by atoms with Crippen LogP contribution in [0.4, 0.5) is 0 Å². The summed E-state index contributed by atoms with van der Waals surface area (Å²) < 4.78 is 0. The minimum absolute atomic E-state index is 1.03. The van der Waals surface area contributed by atoms with E-state index < -0.39 is 0 Å². The lowest BCUT2D eigenvalue weighted by Crippen LogP contribution is -2.09. The van der Waals surface area contributed by atoms with Gasteiger partial charge >= 0.3 is 0 Å². The normalized spacial score (nSPS) is 11.3. The van der Waals surface area contributed by atoms with Gasteiger partial charge in [-0.05, 0) is 39.5 Å². The first kappa shape index (κ1) is 14.0. The number of nitrogens with one attached hydrogen (secondary N) is 1. The average molecular weight is 207 g/mol. The third-order valence-corrected chi connectivity index (χ3v) is 2.20. The van der Waals surface area contributed by atoms with Crippen LogP contribution in [0, 0.1) is 0 Å². The van der Waals surface area contributed by atoms with Gasteiger partial charge in [-0.1, -0.05) is 31.6 Å². The molecule has 0 spiro atoms. The summed E-state index contributed by atoms with van der Waals surface area (Å²) in [5.74, 6) is 0. The van der Waals surface area contributed by atoms with Gasteiger partial charge in [0.2, 0.25) is 0 Å². The largest absolute Gasteiger partial charge is 0.363 e. The van der Waals surface area contributed by atoms with Crippen LogP contribution in [0.2, 0.25) is 0 Å². The first-order valence-electron chi connectivity index (χ1n) is 5.82. The Balaban J connectivity index is 3.69. The minimum Gasteiger partial charge on any atom is -0.363 e. The van der Waals surface area contributed by atoms with E-state index in [4.69, 9.17) is 0 Å². The molecule has 1 heteroatoms. The third-order valence-electron chi connectivity index (χ3n) is 2.20. The number of hydrogen-bond donors (Lipinski definition) is 1. The van der Waals surface area contributed by atoms with Gasteiger partial charge in [-0.15, -0.1) is 6.58 Å². The monoisotopic (exact) mass is 207 g/mol. The molecule has 0 fully saturated rings. The van der Waals surface area contributed by atoms with Crippen molar-refractivity contribution in [3.05, 3.63) is 36.2 Å². The van der Waals surface area contributed by atoms with Gasteiger partial charge in [-0.3, -0.25) is 0 Å². The zero-order valence-electron chi connectivity index (χ0n) is 10.5. The van der Waals surface area contributed by atoms with Crippen molar-refractivity contribution in [2.24, 2.45) is 0 Å². The maximum Gasteiger partial charge on any atom is 0.00763 e. The van der Waals surface area contributed by atoms with E-state index in [1.807, 2.05) is 0 Å². The second kappa shape index (κ2) is 8.34. The van der Waals surface area contributed by atoms with Crippen LogP contribution in [0.3, 0.4) is 0 Å². The summed E-state index contributed by atoms with van der Waals surface area (Å²) in [7, 11) is 0. The average Bonchev–Trinajstić information content (AvgIpc) is 2.14. The molecule has 1 N–H and O–H groups in total. The summed E-state index contributed by atoms with van der Waals surface area (Å²) in [6.45, 7) is 14.3. The van der Waals surface area contributed by atoms with Gasteiger partial charge in [0.25, 0.3) is 0 Å². The molecule has 0 aromatic heterocycles. The van der Waals surface area contributed by atoms with Gasteiger partial charge in [-0.2, -0.15) is 0 Å². The Hall–Kier alpha value is -0.980. The highest BCUT2D eigenvalue weighted by atomic mass is 14.9. The van der Waals surface area contributed by atoms with Crippen LogP contribution in [-0.4, -0.2) is 0 Å². The highest BCUT2D eigenvalue weighted by Gasteiger charge is 1.95. The van der Waals surface area contributed by atoms with Crippen molar-refractivity contribution in [1.82, 2.24) is 5.32 Å². The van der Waals surface area contributed by atoms with Crippen LogP contribution in [0.5, 0.6) is 0 Å². The summed E-state index contributed by atoms with van der Waals surface area (Å²) in [5, 5.41) is 3.33. The van der Waals surface area contributed by atoms with Crippen molar-refractivity contribution < 1.29 is 0 Å². The van der Waals surface area contributed by atoms with E-state index in [0.717, 1.165) is 31.4 Å². The first-order valence-corrected chi connectivity index (χ1v) is 5.82. The van der Waals surface area contributed by atoms with Crippen molar-refractivity contribution in [3.8, 4) is 0 Å². The van der Waals surface area contributed by atoms with E-state index in [0.29, 0.717) is 0 Å². The summed E-state index contributed by atoms with van der Waals surface area (Å²) >= 11 is 0. The van der Waals surface area contributed by atoms with Gasteiger partial charge in [0, 0.05) is 11.4 Å². The first-order chi connectivity index (χ1) is 7.06. The highest BCUT2D eigenvalue weighted by Crippen LogP contribution is 2.09. The molecule has 0 aliphatic carbocycles. The topological polar surface area (TPSA) is 12.0 Å². The summed E-state index contributed by atoms with van der Waals surface area (Å²) in [6.07, 6.45) is 7.83. The van der Waals surface area contributed by atoms with Crippen molar-refractivity contribution in [2.45, 2.75) is 52.9 Å². The van der Waals surface area contributed by atoms with Gasteiger partial charge in [0.1, 0.15) is 0 Å². The molecule has 0 radical (unpaired) electrons. The molecule has 0 amide bonds. The third kappa shape index (κ3) is 9.33. The van der Waals surface area contributed by atoms with E-state index in [2.05, 4.69) is 45.3 Å². The summed E-state index contributed by atoms with van der Waals surface area (Å²) in [6, 6.07) is 0. The van der Waals surface area contributed by atoms with Gasteiger partial charge < -0.3 is 5.32 Å². The zero-order chi connectivity index (χ0) is 11.7. The van der Waals surface area contributed by atoms with Crippen LogP contribution in [0.15, 0.2) is 36.2 Å². The van der Waals surface area contributed by atoms with E-state index in [9.17, 15) is 0 Å². The molecule has 0 bridgehead atoms. The van der Waals surface area contributed by atoms with Crippen LogP contribution < -0.4 is 5.32 Å². The second-order valence-corrected chi connectivity index (χ2v) is 4.22. The fourth-order valence-corrected chi connectivity index (χ4v) is 1.36. The summed E-state index contributed by atoms with van der Waals surface area (Å²) in [5.41, 5.74) is 3.58. The lowest BCUT2D eigenvalue weighted by Gasteiger charge is -2.09. The van der Waals surface area contributed by atoms with Gasteiger partial charge in [0.15, 0.2) is 0 Å². The van der Waals surface area contributed by atoms with E-state index in [-0.39, 0.29) is 0 Å². The Labute approximate surface area is 95.0 Å². The predicted octanol–water partition coefficient (Wildman–Crippen LogP) is 4.54. The lowest BCUT2D eigenvalue weighted by molar-refractivity contribution is 0.757. The zero-order valence-corrected chi connectivity index (χ0v) is 10.5. The Morgan fingerprint density at radius 3 is 2.40 bits per heavy atom. The maximum atomic E-state index is 4.02. The maximum absolute atomic E-state index is 4.02. The SMILES string of the molecule is C=C(C)CCCC(=C)N/C(C)=C/CCC. The van der Waals surface area contributed by atoms with E-state index >= 15 is 0 Å². The molecule has 0 rings (SSSR count). The molecular weight excluding hydrogens is 182 g/mol. The lowest BCUT2D eigenvalue weighted by atomic mass is 10.1. The molecule has 0 aromatic rings. The molecule has 0 aliphatic heterocycles. The van der Waals surface area contributed by atoms with E-state index in [1.54, 1.807) is 0 Å². The Kier molecular flexibility index (Phi) is 7.79. The molecule has 1 nitrogen and oxygen atoms in total. The van der Waals surface area contributed by atoms with E-state index in [1.165, 1.54) is 17.7 Å². The molecule has 0 atom stereocenters. The van der Waals surface area contributed by atoms with Gasteiger partial charge in [-0.25, -0.2) is 0 Å². The summed E-state index contributed by atoms with van der Waals surface area (Å²) in [4.78, 5) is 0. The van der Waals surface area contributed by atoms with Gasteiger partial charge in [0.05, 0.1) is 0 Å². The van der Waals surface area contributed by atoms with Crippen LogP contribution in [0.1, 0.15) is 52.9 Å². The number of rotatable bonds is 8.